The van der Waals surface area contributed by atoms with E-state index in [9.17, 15) is 14.4 Å². The Morgan fingerprint density at radius 1 is 1.15 bits per heavy atom. The molecule has 2 fully saturated rings. The van der Waals surface area contributed by atoms with Gasteiger partial charge >= 0.3 is 0 Å². The Labute approximate surface area is 202 Å². The van der Waals surface area contributed by atoms with Gasteiger partial charge in [0.05, 0.1) is 0 Å². The lowest BCUT2D eigenvalue weighted by molar-refractivity contribution is -0.136. The van der Waals surface area contributed by atoms with E-state index in [1.54, 1.807) is 4.90 Å². The van der Waals surface area contributed by atoms with Crippen LogP contribution in [0.5, 0.6) is 0 Å². The quantitative estimate of drug-likeness (QED) is 0.497. The summed E-state index contributed by atoms with van der Waals surface area (Å²) in [5, 5.41) is 6.19. The van der Waals surface area contributed by atoms with Gasteiger partial charge in [0, 0.05) is 35.8 Å². The van der Waals surface area contributed by atoms with Crippen LogP contribution in [-0.4, -0.2) is 41.2 Å². The minimum absolute atomic E-state index is 0. The Bertz CT molecular complexity index is 869. The van der Waals surface area contributed by atoms with E-state index in [4.69, 9.17) is 5.73 Å². The van der Waals surface area contributed by atoms with Crippen LogP contribution >= 0.6 is 12.4 Å². The first-order valence-corrected chi connectivity index (χ1v) is 12.2. The van der Waals surface area contributed by atoms with Crippen molar-refractivity contribution in [2.75, 3.05) is 11.9 Å². The number of benzene rings is 1. The van der Waals surface area contributed by atoms with Gasteiger partial charge in [-0.15, -0.1) is 12.4 Å². The average molecular weight is 477 g/mol. The van der Waals surface area contributed by atoms with Crippen LogP contribution in [0, 0.1) is 11.8 Å². The van der Waals surface area contributed by atoms with Gasteiger partial charge in [-0.2, -0.15) is 0 Å². The maximum Gasteiger partial charge on any atom is 0.255 e. The van der Waals surface area contributed by atoms with Crippen LogP contribution in [0.15, 0.2) is 18.2 Å². The molecule has 1 aromatic rings. The molecule has 2 aliphatic heterocycles. The maximum absolute atomic E-state index is 13.1. The Hall–Kier alpha value is -2.12. The summed E-state index contributed by atoms with van der Waals surface area (Å²) in [5.74, 6) is 0.518. The third kappa shape index (κ3) is 5.52. The molecule has 0 unspecified atom stereocenters. The van der Waals surface area contributed by atoms with Crippen molar-refractivity contribution < 1.29 is 14.4 Å². The monoisotopic (exact) mass is 476 g/mol. The molecule has 0 radical (unpaired) electrons. The molecule has 7 nitrogen and oxygen atoms in total. The second kappa shape index (κ2) is 11.3. The molecule has 8 heteroatoms. The molecule has 0 bridgehead atoms. The third-order valence-corrected chi connectivity index (χ3v) is 7.59. The first-order valence-electron chi connectivity index (χ1n) is 12.2. The lowest BCUT2D eigenvalue weighted by Gasteiger charge is -2.35. The number of rotatable bonds is 8. The lowest BCUT2D eigenvalue weighted by Crippen LogP contribution is -2.52. The Balaban J connectivity index is 0.00000306. The van der Waals surface area contributed by atoms with Gasteiger partial charge in [-0.25, -0.2) is 0 Å². The highest BCUT2D eigenvalue weighted by molar-refractivity contribution is 6.06. The van der Waals surface area contributed by atoms with Crippen LogP contribution in [0.25, 0.3) is 0 Å². The van der Waals surface area contributed by atoms with Gasteiger partial charge in [-0.05, 0) is 69.0 Å². The third-order valence-electron chi connectivity index (χ3n) is 7.59. The van der Waals surface area contributed by atoms with Crippen LogP contribution in [0.4, 0.5) is 5.69 Å². The molecular weight excluding hydrogens is 440 g/mol. The molecule has 1 aromatic carbocycles. The van der Waals surface area contributed by atoms with Crippen molar-refractivity contribution in [2.45, 2.75) is 83.3 Å². The smallest absolute Gasteiger partial charge is 0.255 e. The highest BCUT2D eigenvalue weighted by atomic mass is 35.5. The molecular formula is C25H37ClN4O3. The van der Waals surface area contributed by atoms with Crippen LogP contribution in [0.3, 0.4) is 0 Å². The zero-order valence-electron chi connectivity index (χ0n) is 19.5. The van der Waals surface area contributed by atoms with E-state index in [0.29, 0.717) is 36.4 Å². The highest BCUT2D eigenvalue weighted by Crippen LogP contribution is 2.36. The van der Waals surface area contributed by atoms with Crippen LogP contribution in [0.2, 0.25) is 0 Å². The summed E-state index contributed by atoms with van der Waals surface area (Å²) in [6.45, 7) is 3.41. The molecule has 2 heterocycles. The molecule has 2 atom stereocenters. The number of carbonyl (C=O) groups excluding carboxylic acids is 3. The number of nitrogens with one attached hydrogen (secondary N) is 2. The maximum atomic E-state index is 13.1. The van der Waals surface area contributed by atoms with Gasteiger partial charge in [0.25, 0.3) is 5.91 Å². The summed E-state index contributed by atoms with van der Waals surface area (Å²) in [6, 6.07) is 5.63. The van der Waals surface area contributed by atoms with E-state index >= 15 is 0 Å². The van der Waals surface area contributed by atoms with Crippen molar-refractivity contribution in [1.82, 2.24) is 10.2 Å². The number of halogens is 1. The normalized spacial score (nSPS) is 25.8. The molecule has 4 N–H and O–H groups in total. The first-order chi connectivity index (χ1) is 15.5. The molecule has 0 spiro atoms. The van der Waals surface area contributed by atoms with E-state index < -0.39 is 6.04 Å². The highest BCUT2D eigenvalue weighted by Gasteiger charge is 2.40. The Morgan fingerprint density at radius 2 is 1.91 bits per heavy atom. The fraction of sp³-hybridized carbons (Fsp3) is 0.640. The fourth-order valence-corrected chi connectivity index (χ4v) is 5.60. The van der Waals surface area contributed by atoms with Gasteiger partial charge in [0.2, 0.25) is 11.8 Å². The summed E-state index contributed by atoms with van der Waals surface area (Å²) >= 11 is 0. The van der Waals surface area contributed by atoms with E-state index in [1.165, 1.54) is 32.1 Å². The lowest BCUT2D eigenvalue weighted by atomic mass is 9.77. The SMILES string of the molecule is CCCC[C@@H](Nc1cccc2c1CN([C@@H]1CCC(=O)NC1=O)C2=O)C1CCC(CN)CC1.Cl. The number of unbranched alkanes of at least 4 members (excludes halogenated alkanes) is 1. The van der Waals surface area contributed by atoms with Crippen molar-refractivity contribution >= 4 is 35.8 Å². The van der Waals surface area contributed by atoms with E-state index in [-0.39, 0.29) is 36.5 Å². The fourth-order valence-electron chi connectivity index (χ4n) is 5.60. The number of fused-ring (bicyclic) bond motifs is 1. The molecule has 182 valence electrons. The van der Waals surface area contributed by atoms with E-state index in [2.05, 4.69) is 23.6 Å². The first kappa shape index (κ1) is 25.5. The van der Waals surface area contributed by atoms with Gasteiger partial charge in [0.15, 0.2) is 0 Å². The molecule has 1 aliphatic carbocycles. The number of carbonyl (C=O) groups is 3. The molecule has 1 saturated heterocycles. The number of nitrogens with zero attached hydrogens (tertiary/aromatic N) is 1. The van der Waals surface area contributed by atoms with Crippen molar-refractivity contribution in [1.29, 1.82) is 0 Å². The number of nitrogens with two attached hydrogens (primary N) is 1. The second-order valence-corrected chi connectivity index (χ2v) is 9.64. The standard InChI is InChI=1S/C25H36N4O3.ClH/c1-2-3-6-20(17-10-8-16(14-26)9-11-17)27-21-7-4-5-18-19(21)15-29(25(18)32)22-12-13-23(30)28-24(22)31;/h4-5,7,16-17,20,22,27H,2-3,6,8-15,26H2,1H3,(H,28,30,31);1H/t16?,17?,20-,22-;/m1./s1. The number of imide groups is 1. The largest absolute Gasteiger partial charge is 0.382 e. The van der Waals surface area contributed by atoms with Gasteiger partial charge in [0.1, 0.15) is 6.04 Å². The van der Waals surface area contributed by atoms with Crippen LogP contribution in [-0.2, 0) is 16.1 Å². The summed E-state index contributed by atoms with van der Waals surface area (Å²) in [6.07, 6.45) is 8.88. The minimum Gasteiger partial charge on any atom is -0.382 e. The number of anilines is 1. The average Bonchev–Trinajstić information content (AvgIpc) is 3.14. The minimum atomic E-state index is -0.581. The Morgan fingerprint density at radius 3 is 2.58 bits per heavy atom. The summed E-state index contributed by atoms with van der Waals surface area (Å²) < 4.78 is 0. The summed E-state index contributed by atoms with van der Waals surface area (Å²) in [7, 11) is 0. The van der Waals surface area contributed by atoms with Crippen LogP contribution in [0.1, 0.15) is 80.6 Å². The molecule has 4 rings (SSSR count). The molecule has 33 heavy (non-hydrogen) atoms. The summed E-state index contributed by atoms with van der Waals surface area (Å²) in [4.78, 5) is 38.7. The molecule has 3 aliphatic rings. The van der Waals surface area contributed by atoms with Gasteiger partial charge in [-0.3, -0.25) is 19.7 Å². The van der Waals surface area contributed by atoms with E-state index in [1.807, 2.05) is 12.1 Å². The van der Waals surface area contributed by atoms with E-state index in [0.717, 1.165) is 30.6 Å². The van der Waals surface area contributed by atoms with Gasteiger partial charge < -0.3 is 16.0 Å². The zero-order valence-corrected chi connectivity index (χ0v) is 20.3. The zero-order chi connectivity index (χ0) is 22.7. The number of piperidine rings is 1. The van der Waals surface area contributed by atoms with Crippen LogP contribution < -0.4 is 16.4 Å². The number of amides is 3. The van der Waals surface area contributed by atoms with Gasteiger partial charge in [-0.1, -0.05) is 25.8 Å². The summed E-state index contributed by atoms with van der Waals surface area (Å²) in [5.41, 5.74) is 8.54. The van der Waals surface area contributed by atoms with Crippen molar-refractivity contribution in [2.24, 2.45) is 17.6 Å². The molecule has 0 aromatic heterocycles. The molecule has 3 amide bonds. The molecule has 1 saturated carbocycles. The van der Waals surface area contributed by atoms with Crippen molar-refractivity contribution in [3.63, 3.8) is 0 Å². The predicted octanol–water partition coefficient (Wildman–Crippen LogP) is 3.61. The number of hydrogen-bond donors (Lipinski definition) is 3. The predicted molar refractivity (Wildman–Crippen MR) is 131 cm³/mol. The second-order valence-electron chi connectivity index (χ2n) is 9.64. The van der Waals surface area contributed by atoms with Crippen molar-refractivity contribution in [3.05, 3.63) is 29.3 Å². The van der Waals surface area contributed by atoms with Crippen molar-refractivity contribution in [3.8, 4) is 0 Å². The topological polar surface area (TPSA) is 105 Å². The Kier molecular flexibility index (Phi) is 8.76. The number of hydrogen-bond acceptors (Lipinski definition) is 5.